The monoisotopic (exact) mass is 319 g/mol. The number of esters is 1. The maximum atomic E-state index is 11.8. The van der Waals surface area contributed by atoms with Gasteiger partial charge in [-0.15, -0.1) is 0 Å². The Kier molecular flexibility index (Phi) is 4.32. The average molecular weight is 320 g/mol. The molecule has 0 bridgehead atoms. The second-order valence-corrected chi connectivity index (χ2v) is 19.3. The van der Waals surface area contributed by atoms with Gasteiger partial charge in [0.25, 0.3) is 0 Å². The summed E-state index contributed by atoms with van der Waals surface area (Å²) in [7, 11) is 0. The molecule has 0 atom stereocenters. The van der Waals surface area contributed by atoms with E-state index in [1.165, 1.54) is 0 Å². The number of aromatic nitrogens is 1. The van der Waals surface area contributed by atoms with E-state index in [2.05, 4.69) is 40.5 Å². The molecule has 0 spiro atoms. The van der Waals surface area contributed by atoms with Crippen molar-refractivity contribution >= 4 is 26.8 Å². The molecule has 1 rings (SSSR count). The van der Waals surface area contributed by atoms with Crippen LogP contribution in [0.25, 0.3) is 0 Å². The van der Waals surface area contributed by atoms with Gasteiger partial charge in [0.1, 0.15) is 0 Å². The summed E-state index contributed by atoms with van der Waals surface area (Å²) in [4.78, 5) is 16.1. The van der Waals surface area contributed by atoms with Crippen molar-refractivity contribution in [3.05, 3.63) is 29.6 Å². The van der Waals surface area contributed by atoms with Crippen LogP contribution in [0, 0.1) is 0 Å². The number of pyridine rings is 1. The zero-order valence-corrected chi connectivity index (χ0v) is 13.2. The molecule has 0 saturated heterocycles. The van der Waals surface area contributed by atoms with E-state index in [4.69, 9.17) is 4.74 Å². The molecule has 0 saturated carbocycles. The second kappa shape index (κ2) is 5.03. The Labute approximate surface area is 111 Å². The quantitative estimate of drug-likeness (QED) is 0.629. The third-order valence-electron chi connectivity index (χ3n) is 2.07. The van der Waals surface area contributed by atoms with Crippen molar-refractivity contribution in [2.24, 2.45) is 0 Å². The van der Waals surface area contributed by atoms with Crippen LogP contribution in [-0.2, 0) is 10.9 Å². The second-order valence-electron chi connectivity index (χ2n) is 5.29. The van der Waals surface area contributed by atoms with Crippen molar-refractivity contribution in [3.8, 4) is 0 Å². The number of carbonyl (C=O) groups excluding carboxylic acids is 1. The molecule has 0 radical (unpaired) electrons. The summed E-state index contributed by atoms with van der Waals surface area (Å²) in [5, 5.41) is -1.92. The van der Waals surface area contributed by atoms with E-state index in [0.29, 0.717) is 12.2 Å². The minimum absolute atomic E-state index is 0.288. The molecule has 1 aromatic heterocycles. The summed E-state index contributed by atoms with van der Waals surface area (Å²) in [5.74, 6) is -0.288. The van der Waals surface area contributed by atoms with Crippen LogP contribution >= 0.6 is 20.8 Å². The number of rotatable bonds is 4. The first-order chi connectivity index (χ1) is 7.69. The Bertz CT molecular complexity index is 417. The average Bonchev–Trinajstić information content (AvgIpc) is 2.15. The third-order valence-corrected chi connectivity index (χ3v) is 4.19. The Balaban J connectivity index is 3.05. The summed E-state index contributed by atoms with van der Waals surface area (Å²) in [6.07, 6.45) is 2.49. The molecule has 3 nitrogen and oxygen atoms in total. The van der Waals surface area contributed by atoms with E-state index < -0.39 is 5.31 Å². The van der Waals surface area contributed by atoms with Gasteiger partial charge < -0.3 is 0 Å². The van der Waals surface area contributed by atoms with Gasteiger partial charge in [0.2, 0.25) is 0 Å². The van der Waals surface area contributed by atoms with Crippen molar-refractivity contribution in [2.45, 2.75) is 13.1 Å². The third kappa shape index (κ3) is 5.13. The Morgan fingerprint density at radius 1 is 1.47 bits per heavy atom. The number of ether oxygens (including phenoxy) is 1. The number of hydrogen-bond acceptors (Lipinski definition) is 3. The Morgan fingerprint density at radius 3 is 2.65 bits per heavy atom. The molecular formula is C12H19BrNO2P. The molecule has 96 valence electrons. The van der Waals surface area contributed by atoms with E-state index in [9.17, 15) is 4.79 Å². The van der Waals surface area contributed by atoms with Gasteiger partial charge in [-0.25, -0.2) is 0 Å². The predicted octanol–water partition coefficient (Wildman–Crippen LogP) is 3.51. The molecule has 0 aliphatic heterocycles. The molecule has 0 aromatic carbocycles. The Hall–Kier alpha value is -0.470. The summed E-state index contributed by atoms with van der Waals surface area (Å²) >= 11 is 3.78. The molecule has 0 aliphatic carbocycles. The fourth-order valence-electron chi connectivity index (χ4n) is 1.46. The van der Waals surface area contributed by atoms with Crippen LogP contribution in [-0.4, -0.2) is 37.6 Å². The fourth-order valence-corrected chi connectivity index (χ4v) is 3.44. The molecule has 1 heterocycles. The van der Waals surface area contributed by atoms with Crippen LogP contribution in [0.15, 0.2) is 18.3 Å². The molecular weight excluding hydrogens is 301 g/mol. The van der Waals surface area contributed by atoms with Gasteiger partial charge in [-0.1, -0.05) is 0 Å². The number of hydrogen-bond donors (Lipinski definition) is 0. The van der Waals surface area contributed by atoms with Crippen LogP contribution in [0.5, 0.6) is 0 Å². The van der Waals surface area contributed by atoms with Gasteiger partial charge in [0.15, 0.2) is 0 Å². The van der Waals surface area contributed by atoms with E-state index in [0.717, 1.165) is 11.9 Å². The minimum atomic E-state index is -1.92. The van der Waals surface area contributed by atoms with Crippen molar-refractivity contribution in [3.63, 3.8) is 0 Å². The predicted molar refractivity (Wildman–Crippen MR) is 77.5 cm³/mol. The summed E-state index contributed by atoms with van der Waals surface area (Å²) in [5.41, 5.74) is 1.39. The number of nitrogens with zero attached hydrogens (tertiary/aromatic N) is 1. The van der Waals surface area contributed by atoms with Crippen LogP contribution < -0.4 is 0 Å². The maximum absolute atomic E-state index is 11.8. The molecule has 0 N–H and O–H groups in total. The molecule has 0 unspecified atom stereocenters. The summed E-state index contributed by atoms with van der Waals surface area (Å²) in [6, 6.07) is 3.54. The topological polar surface area (TPSA) is 39.2 Å². The van der Waals surface area contributed by atoms with Gasteiger partial charge in [0.05, 0.1) is 0 Å². The van der Waals surface area contributed by atoms with E-state index in [1.807, 2.05) is 0 Å². The van der Waals surface area contributed by atoms with Crippen LogP contribution in [0.2, 0.25) is 0 Å². The fraction of sp³-hybridized carbons (Fsp3) is 0.500. The van der Waals surface area contributed by atoms with Crippen molar-refractivity contribution in [2.75, 3.05) is 26.6 Å². The van der Waals surface area contributed by atoms with Crippen molar-refractivity contribution < 1.29 is 9.53 Å². The zero-order valence-electron chi connectivity index (χ0n) is 10.7. The van der Waals surface area contributed by atoms with Gasteiger partial charge in [-0.3, -0.25) is 0 Å². The summed E-state index contributed by atoms with van der Waals surface area (Å²) < 4.78 is 5.04. The number of halogens is 1. The van der Waals surface area contributed by atoms with Gasteiger partial charge >= 0.3 is 111 Å². The van der Waals surface area contributed by atoms with E-state index in [1.54, 1.807) is 25.3 Å². The molecule has 1 aromatic rings. The van der Waals surface area contributed by atoms with E-state index >= 15 is 0 Å². The SMILES string of the molecule is CCOC(=O)c1cccnc1CP(C)(C)(C)Br. The molecule has 5 heteroatoms. The van der Waals surface area contributed by atoms with Gasteiger partial charge in [-0.05, 0) is 0 Å². The van der Waals surface area contributed by atoms with Crippen molar-refractivity contribution in [1.82, 2.24) is 4.98 Å². The Morgan fingerprint density at radius 2 is 2.12 bits per heavy atom. The van der Waals surface area contributed by atoms with Crippen molar-refractivity contribution in [1.29, 1.82) is 0 Å². The zero-order chi connectivity index (χ0) is 13.1. The molecule has 0 aliphatic rings. The first kappa shape index (κ1) is 14.6. The standard InChI is InChI=1S/C12H19BrNO2P/c1-5-16-12(15)10-7-6-8-14-11(10)9-17(2,3,4)13/h6-8H,5,9H2,1-4H3. The first-order valence-corrected chi connectivity index (χ1v) is 11.3. The molecule has 17 heavy (non-hydrogen) atoms. The summed E-state index contributed by atoms with van der Waals surface area (Å²) in [6.45, 7) is 8.76. The van der Waals surface area contributed by atoms with Crippen LogP contribution in [0.3, 0.4) is 0 Å². The van der Waals surface area contributed by atoms with Crippen LogP contribution in [0.1, 0.15) is 23.0 Å². The molecule has 0 amide bonds. The normalized spacial score (nSPS) is 13.8. The first-order valence-electron chi connectivity index (χ1n) is 5.52. The van der Waals surface area contributed by atoms with Gasteiger partial charge in [0, 0.05) is 0 Å². The number of carbonyl (C=O) groups is 1. The van der Waals surface area contributed by atoms with Crippen LogP contribution in [0.4, 0.5) is 0 Å². The van der Waals surface area contributed by atoms with E-state index in [-0.39, 0.29) is 5.97 Å². The van der Waals surface area contributed by atoms with Gasteiger partial charge in [-0.2, -0.15) is 0 Å². The molecule has 0 fully saturated rings.